The number of ether oxygens (including phenoxy) is 3. The molecule has 0 amide bonds. The fourth-order valence-electron chi connectivity index (χ4n) is 7.95. The van der Waals surface area contributed by atoms with Crippen molar-refractivity contribution < 1.29 is 80.9 Å². The highest BCUT2D eigenvalue weighted by molar-refractivity contribution is 7.94. The van der Waals surface area contributed by atoms with Gasteiger partial charge < -0.3 is 29.1 Å². The second kappa shape index (κ2) is 22.8. The number of hydrogen-bond donors (Lipinski definition) is 1. The lowest BCUT2D eigenvalue weighted by molar-refractivity contribution is -0.253. The summed E-state index contributed by atoms with van der Waals surface area (Å²) in [5.74, 6) is -3.04. The molecule has 2 aliphatic heterocycles. The monoisotopic (exact) mass is 1070 g/mol. The number of aliphatic carboxylic acids is 1. The first-order chi connectivity index (χ1) is 32.5. The van der Waals surface area contributed by atoms with Crippen LogP contribution in [0.1, 0.15) is 60.3 Å². The number of carboxylic acids is 1. The molecule has 6 rings (SSSR count). The highest BCUT2D eigenvalue weighted by atomic mass is 35.5. The van der Waals surface area contributed by atoms with Gasteiger partial charge in [0, 0.05) is 26.2 Å². The summed E-state index contributed by atoms with van der Waals surface area (Å²) >= 11 is 0. The molecule has 2 heterocycles. The number of alkyl halides is 8. The molecule has 0 radical (unpaired) electrons. The van der Waals surface area contributed by atoms with Crippen LogP contribution >= 0.6 is 12.4 Å². The number of hydrogen-bond acceptors (Lipinski definition) is 11. The number of benzene rings is 4. The van der Waals surface area contributed by atoms with Gasteiger partial charge in [0.15, 0.2) is 29.2 Å². The Labute approximate surface area is 413 Å². The molecule has 12 nitrogen and oxygen atoms in total. The van der Waals surface area contributed by atoms with Crippen LogP contribution in [0.3, 0.4) is 0 Å². The number of sulfone groups is 2. The van der Waals surface area contributed by atoms with Gasteiger partial charge in [-0.2, -0.15) is 35.1 Å². The van der Waals surface area contributed by atoms with Gasteiger partial charge in [-0.3, -0.25) is 9.59 Å². The molecular formula is C48H55ClF8N2O10S2. The van der Waals surface area contributed by atoms with Crippen molar-refractivity contribution in [1.29, 1.82) is 0 Å². The van der Waals surface area contributed by atoms with Crippen molar-refractivity contribution >= 4 is 44.0 Å². The van der Waals surface area contributed by atoms with Crippen LogP contribution in [0.4, 0.5) is 35.1 Å². The largest absolute Gasteiger partial charge is 0.480 e. The molecule has 4 aromatic carbocycles. The van der Waals surface area contributed by atoms with Gasteiger partial charge in [-0.25, -0.2) is 16.8 Å². The number of carbonyl (C=O) groups excluding carboxylic acids is 1. The van der Waals surface area contributed by atoms with Crippen LogP contribution in [0, 0.1) is 0 Å². The van der Waals surface area contributed by atoms with Crippen molar-refractivity contribution in [1.82, 2.24) is 9.80 Å². The van der Waals surface area contributed by atoms with Crippen LogP contribution in [-0.2, 0) is 34.0 Å². The molecule has 0 aliphatic carbocycles. The number of carboxylic acid groups (broad SMARTS) is 1. The van der Waals surface area contributed by atoms with Gasteiger partial charge in [0.2, 0.25) is 0 Å². The quantitative estimate of drug-likeness (QED) is 0.0838. The maximum Gasteiger partial charge on any atom is 0.461 e. The maximum atomic E-state index is 13.8. The predicted octanol–water partition coefficient (Wildman–Crippen LogP) is 10.3. The van der Waals surface area contributed by atoms with E-state index in [1.807, 2.05) is 18.7 Å². The number of carbonyl (C=O) groups is 2. The minimum absolute atomic E-state index is 0. The molecular weight excluding hydrogens is 1020 g/mol. The van der Waals surface area contributed by atoms with Crippen LogP contribution in [0.25, 0.3) is 22.3 Å². The molecule has 2 fully saturated rings. The Bertz CT molecular complexity index is 2640. The first-order valence-corrected chi connectivity index (χ1v) is 25.0. The number of nitrogens with zero attached hydrogens (tertiary/aromatic N) is 2. The van der Waals surface area contributed by atoms with Crippen LogP contribution in [0.15, 0.2) is 107 Å². The van der Waals surface area contributed by atoms with Crippen molar-refractivity contribution in [3.05, 3.63) is 97.1 Å². The third kappa shape index (κ3) is 13.1. The molecule has 0 atom stereocenters. The lowest BCUT2D eigenvalue weighted by atomic mass is 9.95. The van der Waals surface area contributed by atoms with E-state index in [1.54, 1.807) is 20.8 Å². The van der Waals surface area contributed by atoms with E-state index >= 15 is 0 Å². The highest BCUT2D eigenvalue weighted by Crippen LogP contribution is 2.40. The number of piperidine rings is 2. The molecule has 2 saturated heterocycles. The van der Waals surface area contributed by atoms with Crippen molar-refractivity contribution in [3.63, 3.8) is 0 Å². The summed E-state index contributed by atoms with van der Waals surface area (Å²) < 4.78 is 166. The SMILES string of the molecule is CCN1CCC(C(=O)O)(S(=O)(=O)c2ccc(-c3ccc(OC(F)(F)C(F)F)cc3)cc2)CC1.CCN1CCC(C(=O)OC(C)(C)C)(S(=O)(=O)c2ccc(-c3ccc(OC(F)(F)C(F)F)cc3)cc2)CC1.Cl. The molecule has 4 aromatic rings. The maximum absolute atomic E-state index is 13.8. The third-order valence-corrected chi connectivity index (χ3v) is 17.1. The molecule has 392 valence electrons. The third-order valence-electron chi connectivity index (χ3n) is 12.1. The smallest absolute Gasteiger partial charge is 0.461 e. The molecule has 0 bridgehead atoms. The van der Waals surface area contributed by atoms with E-state index in [-0.39, 0.29) is 47.9 Å². The number of rotatable bonds is 16. The van der Waals surface area contributed by atoms with Crippen molar-refractivity contribution in [2.24, 2.45) is 0 Å². The summed E-state index contributed by atoms with van der Waals surface area (Å²) in [4.78, 5) is 29.2. The van der Waals surface area contributed by atoms with Gasteiger partial charge in [0.05, 0.1) is 9.79 Å². The van der Waals surface area contributed by atoms with Gasteiger partial charge in [-0.15, -0.1) is 12.4 Å². The molecule has 0 unspecified atom stereocenters. The summed E-state index contributed by atoms with van der Waals surface area (Å²) in [5, 5.41) is 9.81. The molecule has 0 aromatic heterocycles. The first kappa shape index (κ1) is 58.5. The zero-order valence-electron chi connectivity index (χ0n) is 39.2. The van der Waals surface area contributed by atoms with E-state index in [9.17, 15) is 66.7 Å². The topological polar surface area (TPSA) is 157 Å². The Hall–Kier alpha value is -5.03. The van der Waals surface area contributed by atoms with E-state index in [0.717, 1.165) is 30.8 Å². The minimum atomic E-state index is -4.62. The molecule has 2 aliphatic rings. The molecule has 23 heteroatoms. The Morgan fingerprint density at radius 2 is 0.845 bits per heavy atom. The lowest BCUT2D eigenvalue weighted by Crippen LogP contribution is -2.56. The summed E-state index contributed by atoms with van der Waals surface area (Å²) in [5.41, 5.74) is 1.23. The van der Waals surface area contributed by atoms with Gasteiger partial charge in [-0.1, -0.05) is 62.4 Å². The van der Waals surface area contributed by atoms with Gasteiger partial charge in [0.1, 0.15) is 17.1 Å². The fraction of sp³-hybridized carbons (Fsp3) is 0.458. The van der Waals surface area contributed by atoms with Crippen LogP contribution in [0.2, 0.25) is 0 Å². The zero-order valence-corrected chi connectivity index (χ0v) is 41.7. The standard InChI is InChI=1S/C26H31F4NO5S.C22H23F4NO5S.ClH/c1-5-31-16-14-25(15-17-31,23(32)36-24(2,3)4)37(33,34)21-12-8-19(9-13-21)18-6-10-20(11-7-18)35-26(29,30)22(27)28;1-2-27-13-11-21(12-14-27,20(28)29)33(30,31)18-9-5-16(6-10-18)15-3-7-17(8-4-15)32-22(25,26)19(23)24;/h6-13,22H,5,14-17H2,1-4H3;3-10,19H,2,11-14H2,1H3,(H,28,29);1H. The minimum Gasteiger partial charge on any atom is -0.480 e. The van der Waals surface area contributed by atoms with E-state index in [2.05, 4.69) is 14.4 Å². The molecule has 0 spiro atoms. The Morgan fingerprint density at radius 1 is 0.563 bits per heavy atom. The summed E-state index contributed by atoms with van der Waals surface area (Å²) in [7, 11) is -8.33. The van der Waals surface area contributed by atoms with Crippen molar-refractivity contribution in [3.8, 4) is 33.8 Å². The van der Waals surface area contributed by atoms with E-state index < -0.39 is 83.3 Å². The Balaban J connectivity index is 0.000000306. The summed E-state index contributed by atoms with van der Waals surface area (Å²) in [6, 6.07) is 21.3. The van der Waals surface area contributed by atoms with E-state index in [0.29, 0.717) is 55.0 Å². The first-order valence-electron chi connectivity index (χ1n) is 22.1. The Morgan fingerprint density at radius 3 is 1.11 bits per heavy atom. The van der Waals surface area contributed by atoms with Crippen molar-refractivity contribution in [2.45, 2.75) is 110 Å². The van der Waals surface area contributed by atoms with E-state index in [1.165, 1.54) is 72.8 Å². The average Bonchev–Trinajstić information content (AvgIpc) is 3.31. The van der Waals surface area contributed by atoms with Gasteiger partial charge in [-0.05, 0) is 130 Å². The lowest BCUT2D eigenvalue weighted by Gasteiger charge is -2.40. The van der Waals surface area contributed by atoms with Gasteiger partial charge >= 0.3 is 37.0 Å². The Kier molecular flexibility index (Phi) is 18.8. The molecule has 71 heavy (non-hydrogen) atoms. The van der Waals surface area contributed by atoms with Crippen LogP contribution in [0.5, 0.6) is 11.5 Å². The second-order valence-corrected chi connectivity index (χ2v) is 22.2. The van der Waals surface area contributed by atoms with Crippen LogP contribution < -0.4 is 9.47 Å². The molecule has 1 N–H and O–H groups in total. The highest BCUT2D eigenvalue weighted by Gasteiger charge is 2.55. The summed E-state index contributed by atoms with van der Waals surface area (Å²) in [6.45, 7) is 12.0. The average molecular weight is 1070 g/mol. The normalized spacial score (nSPS) is 16.8. The predicted molar refractivity (Wildman–Crippen MR) is 250 cm³/mol. The molecule has 0 saturated carbocycles. The summed E-state index contributed by atoms with van der Waals surface area (Å²) in [6.07, 6.45) is -17.0. The number of esters is 1. The zero-order chi connectivity index (χ0) is 52.1. The number of halogens is 9. The number of likely N-dealkylation sites (tertiary alicyclic amines) is 2. The fourth-order valence-corrected chi connectivity index (χ4v) is 11.8. The van der Waals surface area contributed by atoms with Gasteiger partial charge in [0.25, 0.3) is 0 Å². The van der Waals surface area contributed by atoms with Crippen LogP contribution in [-0.4, -0.2) is 123 Å². The van der Waals surface area contributed by atoms with Crippen molar-refractivity contribution in [2.75, 3.05) is 39.3 Å². The second-order valence-electron chi connectivity index (χ2n) is 17.7. The van der Waals surface area contributed by atoms with E-state index in [4.69, 9.17) is 4.74 Å².